The van der Waals surface area contributed by atoms with Crippen LogP contribution in [0.15, 0.2) is 22.7 Å². The van der Waals surface area contributed by atoms with Gasteiger partial charge in [-0.1, -0.05) is 6.92 Å². The van der Waals surface area contributed by atoms with Crippen molar-refractivity contribution in [2.45, 2.75) is 13.3 Å². The molecule has 0 fully saturated rings. The fourth-order valence-corrected chi connectivity index (χ4v) is 3.18. The van der Waals surface area contributed by atoms with Crippen LogP contribution >= 0.6 is 15.9 Å². The van der Waals surface area contributed by atoms with Gasteiger partial charge in [-0.05, 0) is 53.6 Å². The van der Waals surface area contributed by atoms with E-state index in [1.807, 2.05) is 6.92 Å². The summed E-state index contributed by atoms with van der Waals surface area (Å²) >= 11 is 3.32. The van der Waals surface area contributed by atoms with Gasteiger partial charge in [0.1, 0.15) is 5.75 Å². The Morgan fingerprint density at radius 1 is 1.37 bits per heavy atom. The van der Waals surface area contributed by atoms with Crippen molar-refractivity contribution >= 4 is 31.6 Å². The molecule has 0 radical (unpaired) electrons. The Hall–Kier alpha value is -0.790. The summed E-state index contributed by atoms with van der Waals surface area (Å²) in [5.41, 5.74) is 0.524. The summed E-state index contributed by atoms with van der Waals surface area (Å²) in [5, 5.41) is 3.09. The number of methoxy groups -OCH3 is 1. The lowest BCUT2D eigenvalue weighted by Gasteiger charge is -2.10. The predicted octanol–water partition coefficient (Wildman–Crippen LogP) is 2.20. The Morgan fingerprint density at radius 2 is 2.11 bits per heavy atom. The first kappa shape index (κ1) is 16.3. The zero-order chi connectivity index (χ0) is 14.3. The fraction of sp³-hybridized carbons (Fsp3) is 0.500. The maximum Gasteiger partial charge on any atom is 0.232 e. The highest BCUT2D eigenvalue weighted by Crippen LogP contribution is 2.28. The highest BCUT2D eigenvalue weighted by Gasteiger charge is 2.11. The SMILES string of the molecule is CCNCCCS(=O)(=O)Nc1ccc(OC)c(Br)c1. The van der Waals surface area contributed by atoms with Gasteiger partial charge in [0.25, 0.3) is 0 Å². The first-order valence-corrected chi connectivity index (χ1v) is 8.47. The molecule has 0 heterocycles. The minimum atomic E-state index is -3.30. The third kappa shape index (κ3) is 5.80. The molecule has 0 atom stereocenters. The van der Waals surface area contributed by atoms with Crippen LogP contribution in [0, 0.1) is 0 Å². The number of halogens is 1. The monoisotopic (exact) mass is 350 g/mol. The van der Waals surface area contributed by atoms with Crippen LogP contribution in [-0.4, -0.2) is 34.4 Å². The molecule has 0 aliphatic carbocycles. The summed E-state index contributed by atoms with van der Waals surface area (Å²) in [6.07, 6.45) is 0.584. The molecule has 1 rings (SSSR count). The standard InChI is InChI=1S/C12H19BrN2O3S/c1-3-14-7-4-8-19(16,17)15-10-5-6-12(18-2)11(13)9-10/h5-6,9,14-15H,3-4,7-8H2,1-2H3. The molecule has 19 heavy (non-hydrogen) atoms. The molecule has 0 unspecified atom stereocenters. The van der Waals surface area contributed by atoms with Crippen molar-refractivity contribution in [3.8, 4) is 5.75 Å². The third-order valence-electron chi connectivity index (χ3n) is 2.44. The molecule has 2 N–H and O–H groups in total. The molecule has 0 spiro atoms. The van der Waals surface area contributed by atoms with E-state index in [4.69, 9.17) is 4.74 Å². The molecule has 7 heteroatoms. The first-order valence-electron chi connectivity index (χ1n) is 6.03. The lowest BCUT2D eigenvalue weighted by molar-refractivity contribution is 0.412. The molecule has 0 saturated carbocycles. The highest BCUT2D eigenvalue weighted by atomic mass is 79.9. The van der Waals surface area contributed by atoms with Gasteiger partial charge in [-0.3, -0.25) is 4.72 Å². The topological polar surface area (TPSA) is 67.4 Å². The number of benzene rings is 1. The summed E-state index contributed by atoms with van der Waals surface area (Å²) in [6.45, 7) is 3.53. The van der Waals surface area contributed by atoms with Gasteiger partial charge < -0.3 is 10.1 Å². The second kappa shape index (κ2) is 7.72. The maximum absolute atomic E-state index is 11.8. The molecule has 0 amide bonds. The van der Waals surface area contributed by atoms with Crippen LogP contribution < -0.4 is 14.8 Å². The smallest absolute Gasteiger partial charge is 0.232 e. The number of sulfonamides is 1. The van der Waals surface area contributed by atoms with Gasteiger partial charge in [0.15, 0.2) is 0 Å². The van der Waals surface area contributed by atoms with Crippen LogP contribution in [0.5, 0.6) is 5.75 Å². The second-order valence-corrected chi connectivity index (χ2v) is 6.67. The fourth-order valence-electron chi connectivity index (χ4n) is 1.52. The van der Waals surface area contributed by atoms with Gasteiger partial charge in [-0.2, -0.15) is 0 Å². The van der Waals surface area contributed by atoms with Gasteiger partial charge in [-0.15, -0.1) is 0 Å². The molecule has 0 aliphatic heterocycles. The molecule has 0 saturated heterocycles. The first-order chi connectivity index (χ1) is 8.98. The molecular weight excluding hydrogens is 332 g/mol. The number of nitrogens with one attached hydrogen (secondary N) is 2. The van der Waals surface area contributed by atoms with Crippen LogP contribution in [-0.2, 0) is 10.0 Å². The van der Waals surface area contributed by atoms with Crippen LogP contribution in [0.4, 0.5) is 5.69 Å². The van der Waals surface area contributed by atoms with Crippen molar-refractivity contribution in [3.63, 3.8) is 0 Å². The Kier molecular flexibility index (Phi) is 6.60. The lowest BCUT2D eigenvalue weighted by Crippen LogP contribution is -2.21. The molecular formula is C12H19BrN2O3S. The van der Waals surface area contributed by atoms with E-state index in [1.54, 1.807) is 25.3 Å². The predicted molar refractivity (Wildman–Crippen MR) is 81.3 cm³/mol. The molecule has 5 nitrogen and oxygen atoms in total. The summed E-state index contributed by atoms with van der Waals surface area (Å²) in [7, 11) is -1.74. The Bertz CT molecular complexity index is 506. The average Bonchev–Trinajstić information content (AvgIpc) is 2.34. The van der Waals surface area contributed by atoms with Crippen molar-refractivity contribution in [1.29, 1.82) is 0 Å². The lowest BCUT2D eigenvalue weighted by atomic mass is 10.3. The largest absolute Gasteiger partial charge is 0.496 e. The number of hydrogen-bond donors (Lipinski definition) is 2. The van der Waals surface area contributed by atoms with Crippen LogP contribution in [0.3, 0.4) is 0 Å². The van der Waals surface area contributed by atoms with Crippen molar-refractivity contribution in [3.05, 3.63) is 22.7 Å². The molecule has 0 aromatic heterocycles. The Morgan fingerprint density at radius 3 is 2.68 bits per heavy atom. The Balaban J connectivity index is 2.60. The molecule has 108 valence electrons. The van der Waals surface area contributed by atoms with E-state index < -0.39 is 10.0 Å². The van der Waals surface area contributed by atoms with Gasteiger partial charge in [0, 0.05) is 5.69 Å². The normalized spacial score (nSPS) is 11.3. The number of ether oxygens (including phenoxy) is 1. The van der Waals surface area contributed by atoms with E-state index in [-0.39, 0.29) is 5.75 Å². The van der Waals surface area contributed by atoms with Crippen molar-refractivity contribution in [2.75, 3.05) is 30.7 Å². The van der Waals surface area contributed by atoms with E-state index in [1.165, 1.54) is 0 Å². The van der Waals surface area contributed by atoms with Crippen molar-refractivity contribution in [2.24, 2.45) is 0 Å². The van der Waals surface area contributed by atoms with Gasteiger partial charge >= 0.3 is 0 Å². The highest BCUT2D eigenvalue weighted by molar-refractivity contribution is 9.10. The van der Waals surface area contributed by atoms with Crippen LogP contribution in [0.2, 0.25) is 0 Å². The summed E-state index contributed by atoms with van der Waals surface area (Å²) in [5.74, 6) is 0.763. The summed E-state index contributed by atoms with van der Waals surface area (Å²) in [6, 6.07) is 5.06. The molecule has 1 aromatic rings. The minimum Gasteiger partial charge on any atom is -0.496 e. The van der Waals surface area contributed by atoms with Crippen molar-refractivity contribution in [1.82, 2.24) is 5.32 Å². The van der Waals surface area contributed by atoms with E-state index in [2.05, 4.69) is 26.0 Å². The number of rotatable bonds is 8. The van der Waals surface area contributed by atoms with E-state index >= 15 is 0 Å². The molecule has 0 bridgehead atoms. The zero-order valence-electron chi connectivity index (χ0n) is 11.1. The van der Waals surface area contributed by atoms with Gasteiger partial charge in [0.05, 0.1) is 17.3 Å². The summed E-state index contributed by atoms with van der Waals surface area (Å²) in [4.78, 5) is 0. The van der Waals surface area contributed by atoms with E-state index in [0.717, 1.165) is 6.54 Å². The minimum absolute atomic E-state index is 0.101. The molecule has 1 aromatic carbocycles. The van der Waals surface area contributed by atoms with E-state index in [0.29, 0.717) is 28.9 Å². The zero-order valence-corrected chi connectivity index (χ0v) is 13.5. The number of hydrogen-bond acceptors (Lipinski definition) is 4. The molecule has 0 aliphatic rings. The summed E-state index contributed by atoms with van der Waals surface area (Å²) < 4.78 is 32.0. The second-order valence-electron chi connectivity index (χ2n) is 3.98. The third-order valence-corrected chi connectivity index (χ3v) is 4.43. The number of anilines is 1. The van der Waals surface area contributed by atoms with Gasteiger partial charge in [-0.25, -0.2) is 8.42 Å². The van der Waals surface area contributed by atoms with Gasteiger partial charge in [0.2, 0.25) is 10.0 Å². The van der Waals surface area contributed by atoms with E-state index in [9.17, 15) is 8.42 Å². The Labute approximate surface area is 122 Å². The van der Waals surface area contributed by atoms with Crippen LogP contribution in [0.1, 0.15) is 13.3 Å². The quantitative estimate of drug-likeness (QED) is 0.705. The van der Waals surface area contributed by atoms with Crippen LogP contribution in [0.25, 0.3) is 0 Å². The van der Waals surface area contributed by atoms with Crippen molar-refractivity contribution < 1.29 is 13.2 Å². The maximum atomic E-state index is 11.8. The average molecular weight is 351 g/mol.